The van der Waals surface area contributed by atoms with Crippen LogP contribution in [0.2, 0.25) is 0 Å². The number of piperazine rings is 1. The smallest absolute Gasteiger partial charge is 0.166 e. The van der Waals surface area contributed by atoms with Crippen molar-refractivity contribution in [3.05, 3.63) is 30.0 Å². The summed E-state index contributed by atoms with van der Waals surface area (Å²) >= 11 is 0. The van der Waals surface area contributed by atoms with E-state index in [-0.39, 0.29) is 11.8 Å². The van der Waals surface area contributed by atoms with Gasteiger partial charge in [0.05, 0.1) is 12.6 Å². The summed E-state index contributed by atoms with van der Waals surface area (Å²) in [6, 6.07) is 6.73. The number of benzene rings is 1. The average molecular weight is 384 g/mol. The Morgan fingerprint density at radius 1 is 1.18 bits per heavy atom. The van der Waals surface area contributed by atoms with E-state index in [9.17, 15) is 4.79 Å². The molecule has 0 amide bonds. The molecule has 2 atom stereocenters. The molecule has 2 N–H and O–H groups in total. The standard InChI is InChI=1S/C23H33N3O2/c1-16-12-25-18(13-24-16)11-21(27)20-15-26(14-17-7-4-3-5-8-17)23-19(20)9-6-10-22(23)28-2/h6,9-10,15-18,24-25H,3-5,7-8,11-14H2,1-2H3. The number of methoxy groups -OCH3 is 1. The van der Waals surface area contributed by atoms with Gasteiger partial charge in [0, 0.05) is 55.3 Å². The van der Waals surface area contributed by atoms with Gasteiger partial charge in [0.15, 0.2) is 5.78 Å². The first-order valence-corrected chi connectivity index (χ1v) is 10.8. The molecule has 2 heterocycles. The minimum atomic E-state index is 0.200. The average Bonchev–Trinajstić information content (AvgIpc) is 3.09. The monoisotopic (exact) mass is 383 g/mol. The zero-order chi connectivity index (χ0) is 19.5. The van der Waals surface area contributed by atoms with Crippen LogP contribution >= 0.6 is 0 Å². The van der Waals surface area contributed by atoms with Crippen molar-refractivity contribution in [1.82, 2.24) is 15.2 Å². The van der Waals surface area contributed by atoms with Gasteiger partial charge in [-0.1, -0.05) is 31.4 Å². The highest BCUT2D eigenvalue weighted by Gasteiger charge is 2.24. The summed E-state index contributed by atoms with van der Waals surface area (Å²) in [5, 5.41) is 7.99. The number of carbonyl (C=O) groups is 1. The summed E-state index contributed by atoms with van der Waals surface area (Å²) in [6.45, 7) is 4.90. The number of nitrogens with one attached hydrogen (secondary N) is 2. The zero-order valence-corrected chi connectivity index (χ0v) is 17.2. The zero-order valence-electron chi connectivity index (χ0n) is 17.2. The van der Waals surface area contributed by atoms with Crippen LogP contribution < -0.4 is 15.4 Å². The molecule has 2 unspecified atom stereocenters. The summed E-state index contributed by atoms with van der Waals surface area (Å²) in [4.78, 5) is 13.2. The van der Waals surface area contributed by atoms with Crippen molar-refractivity contribution in [2.75, 3.05) is 20.2 Å². The number of carbonyl (C=O) groups excluding carboxylic acids is 1. The first-order chi connectivity index (χ1) is 13.7. The normalized spacial score (nSPS) is 23.8. The van der Waals surface area contributed by atoms with Crippen molar-refractivity contribution in [2.24, 2.45) is 5.92 Å². The second-order valence-electron chi connectivity index (χ2n) is 8.60. The maximum Gasteiger partial charge on any atom is 0.166 e. The lowest BCUT2D eigenvalue weighted by molar-refractivity contribution is 0.0965. The van der Waals surface area contributed by atoms with Crippen molar-refractivity contribution < 1.29 is 9.53 Å². The number of aromatic nitrogens is 1. The van der Waals surface area contributed by atoms with Gasteiger partial charge >= 0.3 is 0 Å². The molecule has 2 fully saturated rings. The third-order valence-corrected chi connectivity index (χ3v) is 6.42. The Labute approximate surface area is 167 Å². The molecular weight excluding hydrogens is 350 g/mol. The highest BCUT2D eigenvalue weighted by atomic mass is 16.5. The third kappa shape index (κ3) is 4.11. The summed E-state index contributed by atoms with van der Waals surface area (Å²) in [6.07, 6.45) is 9.19. The number of ketones is 1. The van der Waals surface area contributed by atoms with Crippen LogP contribution in [0.15, 0.2) is 24.4 Å². The Morgan fingerprint density at radius 2 is 2.00 bits per heavy atom. The van der Waals surface area contributed by atoms with Gasteiger partial charge in [-0.05, 0) is 31.7 Å². The second-order valence-corrected chi connectivity index (χ2v) is 8.60. The summed E-state index contributed by atoms with van der Waals surface area (Å²) in [7, 11) is 1.72. The molecule has 1 aromatic carbocycles. The van der Waals surface area contributed by atoms with Crippen LogP contribution in [0.25, 0.3) is 10.9 Å². The molecule has 0 bridgehead atoms. The lowest BCUT2D eigenvalue weighted by Gasteiger charge is -2.28. The molecule has 5 nitrogen and oxygen atoms in total. The fraction of sp³-hybridized carbons (Fsp3) is 0.609. The minimum Gasteiger partial charge on any atom is -0.495 e. The number of para-hydroxylation sites is 1. The molecule has 152 valence electrons. The molecule has 2 aliphatic rings. The number of hydrogen-bond acceptors (Lipinski definition) is 4. The predicted octanol–water partition coefficient (Wildman–Crippen LogP) is 3.75. The van der Waals surface area contributed by atoms with Gasteiger partial charge in [-0.15, -0.1) is 0 Å². The Morgan fingerprint density at radius 3 is 2.71 bits per heavy atom. The molecule has 2 aromatic rings. The molecule has 0 radical (unpaired) electrons. The first kappa shape index (κ1) is 19.5. The van der Waals surface area contributed by atoms with Gasteiger partial charge in [0.1, 0.15) is 5.75 Å². The predicted molar refractivity (Wildman–Crippen MR) is 113 cm³/mol. The van der Waals surface area contributed by atoms with E-state index in [4.69, 9.17) is 4.74 Å². The van der Waals surface area contributed by atoms with Crippen molar-refractivity contribution in [2.45, 2.75) is 64.1 Å². The Hall–Kier alpha value is -1.85. The van der Waals surface area contributed by atoms with Crippen LogP contribution in [-0.4, -0.2) is 42.6 Å². The van der Waals surface area contributed by atoms with E-state index < -0.39 is 0 Å². The van der Waals surface area contributed by atoms with Gasteiger partial charge in [0.2, 0.25) is 0 Å². The van der Waals surface area contributed by atoms with Gasteiger partial charge in [-0.25, -0.2) is 0 Å². The molecule has 1 aliphatic carbocycles. The lowest BCUT2D eigenvalue weighted by atomic mass is 9.89. The Bertz CT molecular complexity index is 815. The summed E-state index contributed by atoms with van der Waals surface area (Å²) < 4.78 is 7.94. The maximum atomic E-state index is 13.2. The van der Waals surface area contributed by atoms with E-state index in [0.717, 1.165) is 41.9 Å². The molecule has 4 rings (SSSR count). The number of fused-ring (bicyclic) bond motifs is 1. The van der Waals surface area contributed by atoms with Crippen molar-refractivity contribution in [1.29, 1.82) is 0 Å². The number of rotatable bonds is 6. The fourth-order valence-corrected chi connectivity index (χ4v) is 4.81. The topological polar surface area (TPSA) is 55.3 Å². The summed E-state index contributed by atoms with van der Waals surface area (Å²) in [5.41, 5.74) is 1.91. The first-order valence-electron chi connectivity index (χ1n) is 10.8. The molecule has 1 saturated carbocycles. The van der Waals surface area contributed by atoms with Crippen LogP contribution in [0.5, 0.6) is 5.75 Å². The van der Waals surface area contributed by atoms with Crippen LogP contribution in [0.4, 0.5) is 0 Å². The van der Waals surface area contributed by atoms with Gasteiger partial charge < -0.3 is 19.9 Å². The van der Waals surface area contributed by atoms with Crippen LogP contribution in [-0.2, 0) is 6.54 Å². The number of hydrogen-bond donors (Lipinski definition) is 2. The van der Waals surface area contributed by atoms with Crippen molar-refractivity contribution >= 4 is 16.7 Å². The number of ether oxygens (including phenoxy) is 1. The van der Waals surface area contributed by atoms with Gasteiger partial charge in [-0.3, -0.25) is 4.79 Å². The fourth-order valence-electron chi connectivity index (χ4n) is 4.81. The van der Waals surface area contributed by atoms with Crippen LogP contribution in [0.3, 0.4) is 0 Å². The molecule has 0 spiro atoms. The molecular formula is C23H33N3O2. The maximum absolute atomic E-state index is 13.2. The highest BCUT2D eigenvalue weighted by molar-refractivity contribution is 6.09. The third-order valence-electron chi connectivity index (χ3n) is 6.42. The minimum absolute atomic E-state index is 0.200. The number of Topliss-reactive ketones (excluding diaryl/α,β-unsaturated/α-hetero) is 1. The Balaban J connectivity index is 1.61. The van der Waals surface area contributed by atoms with E-state index in [1.54, 1.807) is 7.11 Å². The van der Waals surface area contributed by atoms with Crippen LogP contribution in [0.1, 0.15) is 55.8 Å². The van der Waals surface area contributed by atoms with Gasteiger partial charge in [0.25, 0.3) is 0 Å². The Kier molecular flexibility index (Phi) is 6.02. The van der Waals surface area contributed by atoms with Crippen molar-refractivity contribution in [3.63, 3.8) is 0 Å². The van der Waals surface area contributed by atoms with E-state index in [1.807, 2.05) is 12.1 Å². The summed E-state index contributed by atoms with van der Waals surface area (Å²) in [5.74, 6) is 1.77. The highest BCUT2D eigenvalue weighted by Crippen LogP contribution is 2.33. The number of nitrogens with zero attached hydrogens (tertiary/aromatic N) is 1. The SMILES string of the molecule is COc1cccc2c(C(=O)CC3CNC(C)CN3)cn(CC3CCCCC3)c12. The molecule has 1 aromatic heterocycles. The molecule has 1 aliphatic heterocycles. The van der Waals surface area contributed by atoms with E-state index in [1.165, 1.54) is 32.1 Å². The van der Waals surface area contributed by atoms with Crippen molar-refractivity contribution in [3.8, 4) is 5.75 Å². The van der Waals surface area contributed by atoms with Crippen LogP contribution in [0, 0.1) is 5.92 Å². The van der Waals surface area contributed by atoms with E-state index in [0.29, 0.717) is 18.4 Å². The molecule has 28 heavy (non-hydrogen) atoms. The van der Waals surface area contributed by atoms with E-state index >= 15 is 0 Å². The van der Waals surface area contributed by atoms with Gasteiger partial charge in [-0.2, -0.15) is 0 Å². The molecule has 1 saturated heterocycles. The second kappa shape index (κ2) is 8.66. The quantitative estimate of drug-likeness (QED) is 0.746. The lowest BCUT2D eigenvalue weighted by Crippen LogP contribution is -2.53. The largest absolute Gasteiger partial charge is 0.495 e. The molecule has 5 heteroatoms. The van der Waals surface area contributed by atoms with E-state index in [2.05, 4.69) is 34.4 Å².